The average Bonchev–Trinajstić information content (AvgIpc) is 2.66. The molecule has 1 aromatic carbocycles. The van der Waals surface area contributed by atoms with Gasteiger partial charge in [0.1, 0.15) is 6.33 Å². The summed E-state index contributed by atoms with van der Waals surface area (Å²) in [6, 6.07) is 7.93. The average molecular weight is 303 g/mol. The number of hydrogen-bond donors (Lipinski definition) is 0. The van der Waals surface area contributed by atoms with Crippen LogP contribution in [-0.2, 0) is 0 Å². The SMILES string of the molecule is Cc1nn(-c2ncnc3ccccc23)c(C)c1Br. The summed E-state index contributed by atoms with van der Waals surface area (Å²) < 4.78 is 2.87. The minimum Gasteiger partial charge on any atom is -0.236 e. The van der Waals surface area contributed by atoms with Crippen molar-refractivity contribution in [3.8, 4) is 5.82 Å². The lowest BCUT2D eigenvalue weighted by molar-refractivity contribution is 0.810. The lowest BCUT2D eigenvalue weighted by Gasteiger charge is -2.06. The lowest BCUT2D eigenvalue weighted by Crippen LogP contribution is -2.03. The Morgan fingerprint density at radius 2 is 1.89 bits per heavy atom. The van der Waals surface area contributed by atoms with Crippen molar-refractivity contribution in [3.05, 3.63) is 46.5 Å². The van der Waals surface area contributed by atoms with Gasteiger partial charge in [-0.3, -0.25) is 0 Å². The summed E-state index contributed by atoms with van der Waals surface area (Å²) in [6.07, 6.45) is 1.57. The molecule has 2 aromatic heterocycles. The van der Waals surface area contributed by atoms with Crippen LogP contribution in [-0.4, -0.2) is 19.7 Å². The van der Waals surface area contributed by atoms with E-state index in [1.165, 1.54) is 0 Å². The molecule has 0 N–H and O–H groups in total. The second-order valence-corrected chi connectivity index (χ2v) is 4.90. The first-order chi connectivity index (χ1) is 8.68. The summed E-state index contributed by atoms with van der Waals surface area (Å²) in [6.45, 7) is 3.98. The molecule has 0 spiro atoms. The molecule has 0 amide bonds. The van der Waals surface area contributed by atoms with Crippen LogP contribution in [0.4, 0.5) is 0 Å². The summed E-state index contributed by atoms with van der Waals surface area (Å²) in [5.74, 6) is 0.812. The number of para-hydroxylation sites is 1. The molecule has 18 heavy (non-hydrogen) atoms. The Hall–Kier alpha value is -1.75. The Bertz CT molecular complexity index is 728. The Kier molecular flexibility index (Phi) is 2.63. The molecular formula is C13H11BrN4. The minimum absolute atomic E-state index is 0.812. The fraction of sp³-hybridized carbons (Fsp3) is 0.154. The Morgan fingerprint density at radius 1 is 1.11 bits per heavy atom. The van der Waals surface area contributed by atoms with Crippen LogP contribution in [0, 0.1) is 13.8 Å². The van der Waals surface area contributed by atoms with Crippen molar-refractivity contribution in [2.45, 2.75) is 13.8 Å². The normalized spacial score (nSPS) is 11.1. The van der Waals surface area contributed by atoms with E-state index in [1.54, 1.807) is 6.33 Å². The first-order valence-corrected chi connectivity index (χ1v) is 6.39. The van der Waals surface area contributed by atoms with E-state index in [1.807, 2.05) is 42.8 Å². The van der Waals surface area contributed by atoms with Crippen LogP contribution in [0.3, 0.4) is 0 Å². The van der Waals surface area contributed by atoms with Crippen LogP contribution in [0.15, 0.2) is 35.1 Å². The van der Waals surface area contributed by atoms with Crippen molar-refractivity contribution in [2.75, 3.05) is 0 Å². The second kappa shape index (κ2) is 4.17. The first-order valence-electron chi connectivity index (χ1n) is 5.60. The molecule has 5 heteroatoms. The number of fused-ring (bicyclic) bond motifs is 1. The zero-order valence-corrected chi connectivity index (χ0v) is 11.6. The molecule has 0 saturated heterocycles. The molecule has 0 aliphatic rings. The van der Waals surface area contributed by atoms with E-state index in [9.17, 15) is 0 Å². The van der Waals surface area contributed by atoms with Gasteiger partial charge in [-0.1, -0.05) is 12.1 Å². The van der Waals surface area contributed by atoms with Crippen molar-refractivity contribution in [2.24, 2.45) is 0 Å². The molecule has 0 fully saturated rings. The van der Waals surface area contributed by atoms with E-state index in [2.05, 4.69) is 31.0 Å². The molecule has 0 aliphatic heterocycles. The summed E-state index contributed by atoms with van der Waals surface area (Å²) >= 11 is 3.53. The van der Waals surface area contributed by atoms with Crippen molar-refractivity contribution >= 4 is 26.8 Å². The predicted molar refractivity (Wildman–Crippen MR) is 73.8 cm³/mol. The smallest absolute Gasteiger partial charge is 0.164 e. The largest absolute Gasteiger partial charge is 0.236 e. The van der Waals surface area contributed by atoms with E-state index in [4.69, 9.17) is 0 Å². The molecule has 0 bridgehead atoms. The van der Waals surface area contributed by atoms with Gasteiger partial charge in [0.05, 0.1) is 21.4 Å². The van der Waals surface area contributed by atoms with Gasteiger partial charge in [0.2, 0.25) is 0 Å². The van der Waals surface area contributed by atoms with Gasteiger partial charge in [-0.15, -0.1) is 0 Å². The van der Waals surface area contributed by atoms with Crippen LogP contribution >= 0.6 is 15.9 Å². The van der Waals surface area contributed by atoms with Gasteiger partial charge < -0.3 is 0 Å². The number of benzene rings is 1. The van der Waals surface area contributed by atoms with Gasteiger partial charge in [-0.25, -0.2) is 14.6 Å². The molecule has 2 heterocycles. The van der Waals surface area contributed by atoms with Crippen molar-refractivity contribution in [1.82, 2.24) is 19.7 Å². The molecule has 0 atom stereocenters. The topological polar surface area (TPSA) is 43.6 Å². The third kappa shape index (κ3) is 1.62. The van der Waals surface area contributed by atoms with Crippen molar-refractivity contribution < 1.29 is 0 Å². The summed E-state index contributed by atoms with van der Waals surface area (Å²) in [5, 5.41) is 5.51. The standard InChI is InChI=1S/C13H11BrN4/c1-8-12(14)9(2)18(17-8)13-10-5-3-4-6-11(10)15-7-16-13/h3-7H,1-2H3. The Balaban J connectivity index is 2.35. The highest BCUT2D eigenvalue weighted by Crippen LogP contribution is 2.25. The molecule has 90 valence electrons. The quantitative estimate of drug-likeness (QED) is 0.693. The van der Waals surface area contributed by atoms with Gasteiger partial charge in [-0.05, 0) is 41.9 Å². The Labute approximate surface area is 113 Å². The monoisotopic (exact) mass is 302 g/mol. The number of nitrogens with zero attached hydrogens (tertiary/aromatic N) is 4. The van der Waals surface area contributed by atoms with E-state index in [0.717, 1.165) is 32.6 Å². The van der Waals surface area contributed by atoms with Gasteiger partial charge in [0, 0.05) is 5.39 Å². The number of rotatable bonds is 1. The van der Waals surface area contributed by atoms with Gasteiger partial charge in [0.25, 0.3) is 0 Å². The third-order valence-corrected chi connectivity index (χ3v) is 4.07. The zero-order chi connectivity index (χ0) is 12.7. The van der Waals surface area contributed by atoms with E-state index >= 15 is 0 Å². The first kappa shape index (κ1) is 11.3. The summed E-state index contributed by atoms with van der Waals surface area (Å²) in [4.78, 5) is 8.62. The molecule has 3 aromatic rings. The van der Waals surface area contributed by atoms with Crippen molar-refractivity contribution in [1.29, 1.82) is 0 Å². The highest BCUT2D eigenvalue weighted by Gasteiger charge is 2.13. The highest BCUT2D eigenvalue weighted by molar-refractivity contribution is 9.10. The maximum Gasteiger partial charge on any atom is 0.164 e. The minimum atomic E-state index is 0.812. The van der Waals surface area contributed by atoms with Crippen LogP contribution in [0.25, 0.3) is 16.7 Å². The molecular weight excluding hydrogens is 292 g/mol. The molecule has 0 unspecified atom stereocenters. The van der Waals surface area contributed by atoms with Crippen LogP contribution in [0.5, 0.6) is 0 Å². The van der Waals surface area contributed by atoms with Crippen LogP contribution in [0.1, 0.15) is 11.4 Å². The maximum atomic E-state index is 4.51. The third-order valence-electron chi connectivity index (χ3n) is 2.93. The lowest BCUT2D eigenvalue weighted by atomic mass is 10.2. The molecule has 0 saturated carbocycles. The van der Waals surface area contributed by atoms with Crippen LogP contribution in [0.2, 0.25) is 0 Å². The Morgan fingerprint density at radius 3 is 2.61 bits per heavy atom. The number of aryl methyl sites for hydroxylation is 1. The fourth-order valence-corrected chi connectivity index (χ4v) is 2.24. The fourth-order valence-electron chi connectivity index (χ4n) is 1.99. The number of aromatic nitrogens is 4. The molecule has 3 rings (SSSR count). The van der Waals surface area contributed by atoms with E-state index in [0.29, 0.717) is 0 Å². The van der Waals surface area contributed by atoms with Gasteiger partial charge in [-0.2, -0.15) is 5.10 Å². The molecule has 0 aliphatic carbocycles. The summed E-state index contributed by atoms with van der Waals surface area (Å²) in [5.41, 5.74) is 2.91. The van der Waals surface area contributed by atoms with Crippen LogP contribution < -0.4 is 0 Å². The highest BCUT2D eigenvalue weighted by atomic mass is 79.9. The predicted octanol–water partition coefficient (Wildman–Crippen LogP) is 3.19. The van der Waals surface area contributed by atoms with Gasteiger partial charge >= 0.3 is 0 Å². The van der Waals surface area contributed by atoms with E-state index < -0.39 is 0 Å². The van der Waals surface area contributed by atoms with Gasteiger partial charge in [0.15, 0.2) is 5.82 Å². The second-order valence-electron chi connectivity index (χ2n) is 4.11. The number of hydrogen-bond acceptors (Lipinski definition) is 3. The summed E-state index contributed by atoms with van der Waals surface area (Å²) in [7, 11) is 0. The maximum absolute atomic E-state index is 4.51. The number of halogens is 1. The van der Waals surface area contributed by atoms with E-state index in [-0.39, 0.29) is 0 Å². The zero-order valence-electron chi connectivity index (χ0n) is 10.1. The molecule has 0 radical (unpaired) electrons. The van der Waals surface area contributed by atoms with Crippen molar-refractivity contribution in [3.63, 3.8) is 0 Å². The molecule has 4 nitrogen and oxygen atoms in total.